The van der Waals surface area contributed by atoms with Crippen LogP contribution in [0.15, 0.2) is 29.3 Å². The van der Waals surface area contributed by atoms with E-state index in [0.717, 1.165) is 37.5 Å². The number of nitrogens with zero attached hydrogens (tertiary/aromatic N) is 3. The lowest BCUT2D eigenvalue weighted by atomic mass is 10.0. The van der Waals surface area contributed by atoms with Crippen LogP contribution in [0.2, 0.25) is 0 Å². The Morgan fingerprint density at radius 1 is 1.19 bits per heavy atom. The topological polar surface area (TPSA) is 69.2 Å². The molecule has 0 unspecified atom stereocenters. The summed E-state index contributed by atoms with van der Waals surface area (Å²) in [4.78, 5) is 20.7. The fourth-order valence-corrected chi connectivity index (χ4v) is 3.70. The smallest absolute Gasteiger partial charge is 0.410 e. The molecule has 1 saturated heterocycles. The second kappa shape index (κ2) is 12.7. The van der Waals surface area contributed by atoms with E-state index in [4.69, 9.17) is 4.74 Å². The second-order valence-electron chi connectivity index (χ2n) is 9.69. The molecule has 2 N–H and O–H groups in total. The van der Waals surface area contributed by atoms with Gasteiger partial charge in [0, 0.05) is 46.3 Å². The van der Waals surface area contributed by atoms with Crippen LogP contribution < -0.4 is 10.6 Å². The largest absolute Gasteiger partial charge is 0.444 e. The van der Waals surface area contributed by atoms with Gasteiger partial charge in [0.25, 0.3) is 0 Å². The highest BCUT2D eigenvalue weighted by Crippen LogP contribution is 2.13. The van der Waals surface area contributed by atoms with Gasteiger partial charge in [-0.1, -0.05) is 37.6 Å². The van der Waals surface area contributed by atoms with Crippen LogP contribution in [-0.4, -0.2) is 67.2 Å². The fourth-order valence-electron chi connectivity index (χ4n) is 3.70. The van der Waals surface area contributed by atoms with Crippen LogP contribution in [0.1, 0.15) is 64.5 Å². The van der Waals surface area contributed by atoms with Crippen molar-refractivity contribution >= 4 is 12.1 Å². The highest BCUT2D eigenvalue weighted by atomic mass is 16.6. The average molecular weight is 446 g/mol. The molecule has 1 aliphatic rings. The second-order valence-corrected chi connectivity index (χ2v) is 9.69. The van der Waals surface area contributed by atoms with Gasteiger partial charge in [-0.05, 0) is 57.7 Å². The molecule has 0 atom stereocenters. The minimum Gasteiger partial charge on any atom is -0.444 e. The lowest BCUT2D eigenvalue weighted by Crippen LogP contribution is -2.48. The van der Waals surface area contributed by atoms with E-state index < -0.39 is 5.60 Å². The number of carbonyl (C=O) groups excluding carboxylic acids is 1. The number of amides is 1. The van der Waals surface area contributed by atoms with Gasteiger partial charge in [0.1, 0.15) is 5.60 Å². The van der Waals surface area contributed by atoms with Gasteiger partial charge in [-0.25, -0.2) is 4.79 Å². The summed E-state index contributed by atoms with van der Waals surface area (Å²) in [5.41, 5.74) is 1.75. The first kappa shape index (κ1) is 26.0. The number of ether oxygens (including phenoxy) is 1. The van der Waals surface area contributed by atoms with Crippen molar-refractivity contribution < 1.29 is 9.53 Å². The van der Waals surface area contributed by atoms with E-state index in [1.165, 1.54) is 24.9 Å². The van der Waals surface area contributed by atoms with Gasteiger partial charge in [-0.2, -0.15) is 0 Å². The number of nitrogens with one attached hydrogen (secondary N) is 2. The Bertz CT molecular complexity index is 719. The van der Waals surface area contributed by atoms with Crippen molar-refractivity contribution in [1.82, 2.24) is 20.4 Å². The molecule has 0 radical (unpaired) electrons. The molecule has 0 saturated carbocycles. The number of hydrogen-bond acceptors (Lipinski definition) is 4. The predicted molar refractivity (Wildman–Crippen MR) is 132 cm³/mol. The van der Waals surface area contributed by atoms with Crippen LogP contribution in [-0.2, 0) is 17.8 Å². The molecule has 32 heavy (non-hydrogen) atoms. The van der Waals surface area contributed by atoms with E-state index in [-0.39, 0.29) is 6.09 Å². The van der Waals surface area contributed by atoms with E-state index in [9.17, 15) is 4.79 Å². The van der Waals surface area contributed by atoms with Crippen LogP contribution >= 0.6 is 0 Å². The minimum absolute atomic E-state index is 0.311. The molecule has 7 heteroatoms. The molecule has 0 spiro atoms. The Labute approximate surface area is 194 Å². The van der Waals surface area contributed by atoms with Gasteiger partial charge in [0.05, 0.1) is 0 Å². The van der Waals surface area contributed by atoms with Gasteiger partial charge in [-0.15, -0.1) is 0 Å². The van der Waals surface area contributed by atoms with Crippen molar-refractivity contribution in [3.8, 4) is 0 Å². The normalized spacial score (nSPS) is 16.0. The summed E-state index contributed by atoms with van der Waals surface area (Å²) >= 11 is 0. The molecule has 1 heterocycles. The molecule has 0 aliphatic carbocycles. The quantitative estimate of drug-likeness (QED) is 0.468. The summed E-state index contributed by atoms with van der Waals surface area (Å²) in [5, 5.41) is 7.00. The highest BCUT2D eigenvalue weighted by Gasteiger charge is 2.20. The third-order valence-electron chi connectivity index (χ3n) is 5.59. The van der Waals surface area contributed by atoms with E-state index in [1.54, 1.807) is 11.9 Å². The molecule has 1 amide bonds. The molecule has 0 aromatic heterocycles. The van der Waals surface area contributed by atoms with E-state index in [0.29, 0.717) is 19.1 Å². The van der Waals surface area contributed by atoms with E-state index in [1.807, 2.05) is 27.8 Å². The molecule has 1 aromatic rings. The summed E-state index contributed by atoms with van der Waals surface area (Å²) < 4.78 is 5.41. The van der Waals surface area contributed by atoms with E-state index in [2.05, 4.69) is 51.7 Å². The van der Waals surface area contributed by atoms with Crippen molar-refractivity contribution in [2.24, 2.45) is 4.99 Å². The minimum atomic E-state index is -0.487. The third kappa shape index (κ3) is 9.47. The summed E-state index contributed by atoms with van der Waals surface area (Å²) in [6, 6.07) is 8.76. The number of likely N-dealkylation sites (tertiary alicyclic amines) is 1. The third-order valence-corrected chi connectivity index (χ3v) is 5.59. The van der Waals surface area contributed by atoms with Crippen LogP contribution in [0.25, 0.3) is 0 Å². The van der Waals surface area contributed by atoms with Crippen molar-refractivity contribution in [2.75, 3.05) is 33.7 Å². The van der Waals surface area contributed by atoms with Gasteiger partial charge in [-0.3, -0.25) is 4.99 Å². The first-order chi connectivity index (χ1) is 15.2. The van der Waals surface area contributed by atoms with Crippen molar-refractivity contribution in [2.45, 2.75) is 78.1 Å². The maximum atomic E-state index is 12.1. The summed E-state index contributed by atoms with van der Waals surface area (Å²) in [6.07, 6.45) is 4.55. The monoisotopic (exact) mass is 445 g/mol. The summed E-state index contributed by atoms with van der Waals surface area (Å²) in [7, 11) is 3.58. The van der Waals surface area contributed by atoms with Gasteiger partial charge in [0.2, 0.25) is 0 Å². The molecule has 1 fully saturated rings. The lowest BCUT2D eigenvalue weighted by molar-refractivity contribution is 0.0285. The number of rotatable bonds is 8. The number of aliphatic imine (C=N–C) groups is 1. The van der Waals surface area contributed by atoms with Gasteiger partial charge < -0.3 is 25.2 Å². The number of carbonyl (C=O) groups is 1. The van der Waals surface area contributed by atoms with Crippen LogP contribution in [0.4, 0.5) is 4.79 Å². The van der Waals surface area contributed by atoms with Crippen molar-refractivity contribution in [3.05, 3.63) is 35.4 Å². The zero-order chi connectivity index (χ0) is 23.6. The first-order valence-corrected chi connectivity index (χ1v) is 11.9. The van der Waals surface area contributed by atoms with Gasteiger partial charge >= 0.3 is 6.09 Å². The fraction of sp³-hybridized carbons (Fsp3) is 0.680. The molecule has 7 nitrogen and oxygen atoms in total. The number of unbranched alkanes of at least 4 members (excludes halogenated alkanes) is 1. The number of benzene rings is 1. The zero-order valence-electron chi connectivity index (χ0n) is 20.9. The molecule has 0 bridgehead atoms. The lowest BCUT2D eigenvalue weighted by Gasteiger charge is -2.33. The molecule has 1 aromatic carbocycles. The van der Waals surface area contributed by atoms with Crippen LogP contribution in [0.3, 0.4) is 0 Å². The highest BCUT2D eigenvalue weighted by molar-refractivity contribution is 5.79. The molecule has 1 aliphatic heterocycles. The molecular weight excluding hydrogens is 402 g/mol. The maximum absolute atomic E-state index is 12.1. The average Bonchev–Trinajstić information content (AvgIpc) is 2.75. The Balaban J connectivity index is 1.75. The Kier molecular flexibility index (Phi) is 10.3. The number of guanidine groups is 1. The van der Waals surface area contributed by atoms with E-state index >= 15 is 0 Å². The number of piperidine rings is 1. The van der Waals surface area contributed by atoms with Gasteiger partial charge in [0.15, 0.2) is 5.96 Å². The first-order valence-electron chi connectivity index (χ1n) is 11.9. The molecular formula is C25H43N5O2. The van der Waals surface area contributed by atoms with Crippen LogP contribution in [0, 0.1) is 0 Å². The Morgan fingerprint density at radius 2 is 1.81 bits per heavy atom. The van der Waals surface area contributed by atoms with Crippen LogP contribution in [0.5, 0.6) is 0 Å². The molecule has 180 valence electrons. The standard InChI is InChI=1S/C25H43N5O2/c1-7-8-15-30-16-13-22(14-17-30)28-23(26-5)27-18-20-9-11-21(12-10-20)19-29(6)24(31)32-25(2,3)4/h9-12,22H,7-8,13-19H2,1-6H3,(H2,26,27,28). The zero-order valence-corrected chi connectivity index (χ0v) is 20.9. The summed E-state index contributed by atoms with van der Waals surface area (Å²) in [5.74, 6) is 0.853. The predicted octanol–water partition coefficient (Wildman–Crippen LogP) is 3.98. The van der Waals surface area contributed by atoms with Crippen molar-refractivity contribution in [1.29, 1.82) is 0 Å². The summed E-state index contributed by atoms with van der Waals surface area (Å²) in [6.45, 7) is 12.6. The Morgan fingerprint density at radius 3 is 2.38 bits per heavy atom. The number of hydrogen-bond donors (Lipinski definition) is 2. The Hall–Kier alpha value is -2.28. The molecule has 2 rings (SSSR count). The van der Waals surface area contributed by atoms with Crippen molar-refractivity contribution in [3.63, 3.8) is 0 Å². The SMILES string of the molecule is CCCCN1CCC(NC(=NC)NCc2ccc(CN(C)C(=O)OC(C)(C)C)cc2)CC1. The maximum Gasteiger partial charge on any atom is 0.410 e.